The molecule has 1 aromatic rings. The van der Waals surface area contributed by atoms with Crippen LogP contribution in [0.4, 0.5) is 0 Å². The van der Waals surface area contributed by atoms with Gasteiger partial charge in [0, 0.05) is 17.1 Å². The van der Waals surface area contributed by atoms with E-state index in [4.69, 9.17) is 17.3 Å². The first kappa shape index (κ1) is 11.5. The van der Waals surface area contributed by atoms with Crippen LogP contribution in [0.2, 0.25) is 5.02 Å². The van der Waals surface area contributed by atoms with E-state index >= 15 is 0 Å². The van der Waals surface area contributed by atoms with Gasteiger partial charge in [-0.1, -0.05) is 23.7 Å². The zero-order valence-electron chi connectivity index (χ0n) is 8.63. The van der Waals surface area contributed by atoms with Crippen LogP contribution in [0, 0.1) is 0 Å². The Kier molecular flexibility index (Phi) is 4.39. The number of hydrogen-bond donors (Lipinski definition) is 2. The van der Waals surface area contributed by atoms with Gasteiger partial charge in [0.1, 0.15) is 0 Å². The van der Waals surface area contributed by atoms with Crippen molar-refractivity contribution in [3.8, 4) is 0 Å². The number of hydrogen-bond acceptors (Lipinski definition) is 2. The molecule has 0 aliphatic heterocycles. The molecule has 0 saturated heterocycles. The summed E-state index contributed by atoms with van der Waals surface area (Å²) in [5.41, 5.74) is 7.00. The Morgan fingerprint density at radius 3 is 2.36 bits per heavy atom. The van der Waals surface area contributed by atoms with Gasteiger partial charge in [-0.25, -0.2) is 0 Å². The van der Waals surface area contributed by atoms with Gasteiger partial charge in [0.2, 0.25) is 0 Å². The summed E-state index contributed by atoms with van der Waals surface area (Å²) in [7, 11) is 1.95. The molecule has 14 heavy (non-hydrogen) atoms. The van der Waals surface area contributed by atoms with Crippen LogP contribution in [0.5, 0.6) is 0 Å². The molecule has 0 aliphatic carbocycles. The summed E-state index contributed by atoms with van der Waals surface area (Å²) in [6, 6.07) is 8.39. The van der Waals surface area contributed by atoms with Gasteiger partial charge in [0.15, 0.2) is 0 Å². The molecule has 0 saturated carbocycles. The molecule has 3 heteroatoms. The van der Waals surface area contributed by atoms with Gasteiger partial charge >= 0.3 is 0 Å². The van der Waals surface area contributed by atoms with Crippen LogP contribution in [0.15, 0.2) is 24.3 Å². The molecule has 0 aromatic heterocycles. The Morgan fingerprint density at radius 2 is 1.93 bits per heavy atom. The maximum absolute atomic E-state index is 5.82. The zero-order chi connectivity index (χ0) is 10.6. The summed E-state index contributed by atoms with van der Waals surface area (Å²) in [4.78, 5) is 0. The highest BCUT2D eigenvalue weighted by atomic mass is 35.5. The predicted octanol–water partition coefficient (Wildman–Crippen LogP) is 2.34. The second-order valence-electron chi connectivity index (χ2n) is 3.61. The Balaban J connectivity index is 2.73. The highest BCUT2D eigenvalue weighted by Gasteiger charge is 2.10. The van der Waals surface area contributed by atoms with Crippen molar-refractivity contribution < 1.29 is 0 Å². The summed E-state index contributed by atoms with van der Waals surface area (Å²) < 4.78 is 0. The highest BCUT2D eigenvalue weighted by Crippen LogP contribution is 2.19. The van der Waals surface area contributed by atoms with Crippen molar-refractivity contribution in [1.82, 2.24) is 5.32 Å². The SMILES string of the molecule is CNC(CC(C)N)c1ccc(Cl)cc1. The number of halogens is 1. The third kappa shape index (κ3) is 3.29. The normalized spacial score (nSPS) is 15.1. The smallest absolute Gasteiger partial charge is 0.0406 e. The Morgan fingerprint density at radius 1 is 1.36 bits per heavy atom. The molecule has 0 bridgehead atoms. The lowest BCUT2D eigenvalue weighted by Crippen LogP contribution is -2.25. The van der Waals surface area contributed by atoms with Crippen molar-refractivity contribution in [2.75, 3.05) is 7.05 Å². The van der Waals surface area contributed by atoms with E-state index in [1.165, 1.54) is 5.56 Å². The van der Waals surface area contributed by atoms with Crippen LogP contribution in [-0.4, -0.2) is 13.1 Å². The summed E-state index contributed by atoms with van der Waals surface area (Å²) in [6.07, 6.45) is 0.929. The van der Waals surface area contributed by atoms with Gasteiger partial charge in [-0.05, 0) is 38.1 Å². The number of nitrogens with one attached hydrogen (secondary N) is 1. The largest absolute Gasteiger partial charge is 0.328 e. The molecule has 3 N–H and O–H groups in total. The van der Waals surface area contributed by atoms with E-state index in [1.807, 2.05) is 38.2 Å². The fourth-order valence-corrected chi connectivity index (χ4v) is 1.61. The summed E-state index contributed by atoms with van der Waals surface area (Å²) in [5, 5.41) is 4.01. The molecule has 0 radical (unpaired) electrons. The Bertz CT molecular complexity index is 269. The van der Waals surface area contributed by atoms with Crippen molar-refractivity contribution in [3.63, 3.8) is 0 Å². The maximum Gasteiger partial charge on any atom is 0.0406 e. The van der Waals surface area contributed by atoms with Crippen LogP contribution in [0.25, 0.3) is 0 Å². The van der Waals surface area contributed by atoms with Crippen LogP contribution >= 0.6 is 11.6 Å². The van der Waals surface area contributed by atoms with Gasteiger partial charge in [0.25, 0.3) is 0 Å². The summed E-state index contributed by atoms with van der Waals surface area (Å²) in [5.74, 6) is 0. The van der Waals surface area contributed by atoms with E-state index in [0.717, 1.165) is 11.4 Å². The first-order valence-corrected chi connectivity index (χ1v) is 5.19. The minimum Gasteiger partial charge on any atom is -0.328 e. The Hall–Kier alpha value is -0.570. The number of nitrogens with two attached hydrogens (primary N) is 1. The Labute approximate surface area is 90.4 Å². The van der Waals surface area contributed by atoms with E-state index < -0.39 is 0 Å². The van der Waals surface area contributed by atoms with E-state index in [1.54, 1.807) is 0 Å². The average molecular weight is 213 g/mol. The molecule has 1 aromatic carbocycles. The number of benzene rings is 1. The molecular formula is C11H17ClN2. The fraction of sp³-hybridized carbons (Fsp3) is 0.455. The van der Waals surface area contributed by atoms with Crippen LogP contribution in [0.3, 0.4) is 0 Å². The highest BCUT2D eigenvalue weighted by molar-refractivity contribution is 6.30. The monoisotopic (exact) mass is 212 g/mol. The standard InChI is InChI=1S/C11H17ClN2/c1-8(13)7-11(14-2)9-3-5-10(12)6-4-9/h3-6,8,11,14H,7,13H2,1-2H3. The molecule has 1 rings (SSSR count). The number of rotatable bonds is 4. The van der Waals surface area contributed by atoms with Crippen molar-refractivity contribution in [3.05, 3.63) is 34.9 Å². The molecule has 0 heterocycles. The van der Waals surface area contributed by atoms with Crippen molar-refractivity contribution in [2.24, 2.45) is 5.73 Å². The molecule has 2 atom stereocenters. The maximum atomic E-state index is 5.82. The van der Waals surface area contributed by atoms with Gasteiger partial charge in [-0.15, -0.1) is 0 Å². The van der Waals surface area contributed by atoms with Crippen molar-refractivity contribution in [1.29, 1.82) is 0 Å². The molecule has 0 amide bonds. The lowest BCUT2D eigenvalue weighted by atomic mass is 10.0. The minimum absolute atomic E-state index is 0.197. The van der Waals surface area contributed by atoms with Crippen LogP contribution in [0.1, 0.15) is 24.9 Å². The fourth-order valence-electron chi connectivity index (χ4n) is 1.49. The molecule has 2 unspecified atom stereocenters. The van der Waals surface area contributed by atoms with E-state index in [0.29, 0.717) is 6.04 Å². The first-order chi connectivity index (χ1) is 6.63. The predicted molar refractivity (Wildman–Crippen MR) is 61.5 cm³/mol. The molecule has 2 nitrogen and oxygen atoms in total. The summed E-state index contributed by atoms with van der Waals surface area (Å²) >= 11 is 5.82. The summed E-state index contributed by atoms with van der Waals surface area (Å²) in [6.45, 7) is 2.01. The molecule has 0 fully saturated rings. The first-order valence-electron chi connectivity index (χ1n) is 4.81. The molecular weight excluding hydrogens is 196 g/mol. The second-order valence-corrected chi connectivity index (χ2v) is 4.04. The topological polar surface area (TPSA) is 38.0 Å². The van der Waals surface area contributed by atoms with Gasteiger partial charge in [-0.3, -0.25) is 0 Å². The molecule has 78 valence electrons. The zero-order valence-corrected chi connectivity index (χ0v) is 9.38. The van der Waals surface area contributed by atoms with Crippen LogP contribution < -0.4 is 11.1 Å². The van der Waals surface area contributed by atoms with Crippen molar-refractivity contribution >= 4 is 11.6 Å². The van der Waals surface area contributed by atoms with Gasteiger partial charge in [0.05, 0.1) is 0 Å². The van der Waals surface area contributed by atoms with Gasteiger partial charge < -0.3 is 11.1 Å². The quantitative estimate of drug-likeness (QED) is 0.804. The second kappa shape index (κ2) is 5.35. The third-order valence-electron chi connectivity index (χ3n) is 2.23. The lowest BCUT2D eigenvalue weighted by Gasteiger charge is -2.18. The van der Waals surface area contributed by atoms with E-state index in [2.05, 4.69) is 5.32 Å². The van der Waals surface area contributed by atoms with E-state index in [-0.39, 0.29) is 6.04 Å². The average Bonchev–Trinajstić information content (AvgIpc) is 2.15. The lowest BCUT2D eigenvalue weighted by molar-refractivity contribution is 0.499. The third-order valence-corrected chi connectivity index (χ3v) is 2.48. The van der Waals surface area contributed by atoms with Gasteiger partial charge in [-0.2, -0.15) is 0 Å². The van der Waals surface area contributed by atoms with Crippen LogP contribution in [-0.2, 0) is 0 Å². The molecule has 0 spiro atoms. The van der Waals surface area contributed by atoms with Crippen molar-refractivity contribution in [2.45, 2.75) is 25.4 Å². The minimum atomic E-state index is 0.197. The molecule has 0 aliphatic rings. The van der Waals surface area contributed by atoms with E-state index in [9.17, 15) is 0 Å².